The Balaban J connectivity index is 1.80. The zero-order valence-corrected chi connectivity index (χ0v) is 14.2. The SMILES string of the molecule is Cc1ccc2c(c1)c1c(n2CC(O)c2cccnc2)CCN(C)C1. The highest BCUT2D eigenvalue weighted by Crippen LogP contribution is 2.32. The van der Waals surface area contributed by atoms with Gasteiger partial charge in [-0.25, -0.2) is 0 Å². The molecule has 1 aliphatic rings. The van der Waals surface area contributed by atoms with Gasteiger partial charge in [-0.05, 0) is 37.7 Å². The molecule has 4 rings (SSSR count). The van der Waals surface area contributed by atoms with E-state index in [9.17, 15) is 5.11 Å². The van der Waals surface area contributed by atoms with Crippen molar-refractivity contribution in [1.29, 1.82) is 0 Å². The number of aromatic nitrogens is 2. The van der Waals surface area contributed by atoms with E-state index < -0.39 is 6.10 Å². The largest absolute Gasteiger partial charge is 0.386 e. The highest BCUT2D eigenvalue weighted by atomic mass is 16.3. The Bertz CT molecular complexity index is 869. The van der Waals surface area contributed by atoms with Crippen molar-refractivity contribution in [2.75, 3.05) is 13.6 Å². The van der Waals surface area contributed by atoms with Crippen molar-refractivity contribution < 1.29 is 5.11 Å². The first-order chi connectivity index (χ1) is 11.6. The number of aryl methyl sites for hydroxylation is 1. The summed E-state index contributed by atoms with van der Waals surface area (Å²) in [4.78, 5) is 6.50. The average molecular weight is 321 g/mol. The summed E-state index contributed by atoms with van der Waals surface area (Å²) in [6.07, 6.45) is 3.97. The van der Waals surface area contributed by atoms with Crippen LogP contribution in [0.25, 0.3) is 10.9 Å². The normalized spacial score (nSPS) is 16.3. The summed E-state index contributed by atoms with van der Waals surface area (Å²) in [5.74, 6) is 0. The monoisotopic (exact) mass is 321 g/mol. The van der Waals surface area contributed by atoms with E-state index >= 15 is 0 Å². The van der Waals surface area contributed by atoms with Crippen LogP contribution < -0.4 is 0 Å². The van der Waals surface area contributed by atoms with Crippen molar-refractivity contribution >= 4 is 10.9 Å². The van der Waals surface area contributed by atoms with Gasteiger partial charge in [0.05, 0.1) is 12.6 Å². The van der Waals surface area contributed by atoms with E-state index in [4.69, 9.17) is 0 Å². The highest BCUT2D eigenvalue weighted by Gasteiger charge is 2.23. The van der Waals surface area contributed by atoms with Crippen LogP contribution in [0.3, 0.4) is 0 Å². The second-order valence-corrected chi connectivity index (χ2v) is 6.85. The molecule has 0 radical (unpaired) electrons. The molecule has 1 N–H and O–H groups in total. The lowest BCUT2D eigenvalue weighted by molar-refractivity contribution is 0.155. The van der Waals surface area contributed by atoms with Crippen molar-refractivity contribution in [3.63, 3.8) is 0 Å². The molecule has 4 heteroatoms. The van der Waals surface area contributed by atoms with Gasteiger partial charge in [-0.15, -0.1) is 0 Å². The van der Waals surface area contributed by atoms with Crippen LogP contribution in [0.4, 0.5) is 0 Å². The number of fused-ring (bicyclic) bond motifs is 3. The van der Waals surface area contributed by atoms with Gasteiger partial charge in [-0.3, -0.25) is 4.98 Å². The molecule has 0 bridgehead atoms. The maximum absolute atomic E-state index is 10.7. The first-order valence-corrected chi connectivity index (χ1v) is 8.50. The third kappa shape index (κ3) is 2.62. The molecule has 4 nitrogen and oxygen atoms in total. The van der Waals surface area contributed by atoms with Crippen LogP contribution >= 0.6 is 0 Å². The number of pyridine rings is 1. The molecule has 0 spiro atoms. The molecule has 0 saturated carbocycles. The number of aliphatic hydroxyl groups is 1. The van der Waals surface area contributed by atoms with E-state index in [-0.39, 0.29) is 0 Å². The van der Waals surface area contributed by atoms with Gasteiger partial charge in [-0.1, -0.05) is 17.7 Å². The minimum atomic E-state index is -0.542. The topological polar surface area (TPSA) is 41.3 Å². The fraction of sp³-hybridized carbons (Fsp3) is 0.350. The van der Waals surface area contributed by atoms with Crippen LogP contribution in [0.1, 0.15) is 28.5 Å². The standard InChI is InChI=1S/C20H23N3O/c1-14-5-6-18-16(10-14)17-12-22(2)9-7-19(17)23(18)13-20(24)15-4-3-8-21-11-15/h3-6,8,10-11,20,24H,7,9,12-13H2,1-2H3. The van der Waals surface area contributed by atoms with Crippen molar-refractivity contribution in [2.24, 2.45) is 0 Å². The third-order valence-corrected chi connectivity index (χ3v) is 5.03. The van der Waals surface area contributed by atoms with E-state index in [2.05, 4.69) is 46.6 Å². The maximum Gasteiger partial charge on any atom is 0.0983 e. The summed E-state index contributed by atoms with van der Waals surface area (Å²) < 4.78 is 2.31. The number of hydrogen-bond acceptors (Lipinski definition) is 3. The van der Waals surface area contributed by atoms with Gasteiger partial charge in [0.2, 0.25) is 0 Å². The second kappa shape index (κ2) is 6.04. The zero-order valence-electron chi connectivity index (χ0n) is 14.2. The minimum Gasteiger partial charge on any atom is -0.386 e. The van der Waals surface area contributed by atoms with Gasteiger partial charge in [-0.2, -0.15) is 0 Å². The van der Waals surface area contributed by atoms with Crippen molar-refractivity contribution in [3.05, 3.63) is 65.1 Å². The number of likely N-dealkylation sites (N-methyl/N-ethyl adjacent to an activating group) is 1. The van der Waals surface area contributed by atoms with E-state index in [0.29, 0.717) is 6.54 Å². The van der Waals surface area contributed by atoms with Crippen LogP contribution in [0.15, 0.2) is 42.7 Å². The van der Waals surface area contributed by atoms with E-state index in [0.717, 1.165) is 25.1 Å². The minimum absolute atomic E-state index is 0.542. The van der Waals surface area contributed by atoms with Crippen LogP contribution in [0, 0.1) is 6.92 Å². The Kier molecular flexibility index (Phi) is 3.87. The van der Waals surface area contributed by atoms with E-state index in [1.54, 1.807) is 12.4 Å². The van der Waals surface area contributed by atoms with Crippen LogP contribution in [-0.4, -0.2) is 33.1 Å². The van der Waals surface area contributed by atoms with Crippen molar-refractivity contribution in [2.45, 2.75) is 32.5 Å². The quantitative estimate of drug-likeness (QED) is 0.806. The summed E-state index contributed by atoms with van der Waals surface area (Å²) in [5.41, 5.74) is 6.16. The summed E-state index contributed by atoms with van der Waals surface area (Å²) in [6.45, 7) is 4.75. The zero-order chi connectivity index (χ0) is 16.7. The average Bonchev–Trinajstić information content (AvgIpc) is 2.88. The smallest absolute Gasteiger partial charge is 0.0983 e. The number of hydrogen-bond donors (Lipinski definition) is 1. The van der Waals surface area contributed by atoms with Gasteiger partial charge in [0, 0.05) is 54.1 Å². The Labute approximate surface area is 142 Å². The van der Waals surface area contributed by atoms with Crippen molar-refractivity contribution in [3.8, 4) is 0 Å². The lowest BCUT2D eigenvalue weighted by atomic mass is 10.0. The highest BCUT2D eigenvalue weighted by molar-refractivity contribution is 5.86. The number of nitrogens with zero attached hydrogens (tertiary/aromatic N) is 3. The van der Waals surface area contributed by atoms with Crippen LogP contribution in [-0.2, 0) is 19.5 Å². The van der Waals surface area contributed by atoms with Crippen LogP contribution in [0.5, 0.6) is 0 Å². The molecule has 0 saturated heterocycles. The molecule has 2 aromatic heterocycles. The Morgan fingerprint density at radius 2 is 2.17 bits per heavy atom. The molecule has 0 fully saturated rings. The Morgan fingerprint density at radius 1 is 1.29 bits per heavy atom. The molecular weight excluding hydrogens is 298 g/mol. The lowest BCUT2D eigenvalue weighted by Crippen LogP contribution is -2.27. The first kappa shape index (κ1) is 15.4. The van der Waals surface area contributed by atoms with Crippen LogP contribution in [0.2, 0.25) is 0 Å². The van der Waals surface area contributed by atoms with Gasteiger partial charge < -0.3 is 14.6 Å². The molecule has 0 aliphatic carbocycles. The van der Waals surface area contributed by atoms with E-state index in [1.165, 1.54) is 27.7 Å². The summed E-state index contributed by atoms with van der Waals surface area (Å²) >= 11 is 0. The maximum atomic E-state index is 10.7. The molecule has 1 aromatic carbocycles. The fourth-order valence-corrected chi connectivity index (χ4v) is 3.76. The summed E-state index contributed by atoms with van der Waals surface area (Å²) in [5, 5.41) is 12.0. The Morgan fingerprint density at radius 3 is 2.96 bits per heavy atom. The summed E-state index contributed by atoms with van der Waals surface area (Å²) in [6, 6.07) is 10.4. The molecule has 3 heterocycles. The van der Waals surface area contributed by atoms with Gasteiger partial charge in [0.1, 0.15) is 0 Å². The number of aliphatic hydroxyl groups excluding tert-OH is 1. The molecule has 124 valence electrons. The predicted molar refractivity (Wildman–Crippen MR) is 95.9 cm³/mol. The molecule has 1 atom stereocenters. The molecule has 1 aliphatic heterocycles. The predicted octanol–water partition coefficient (Wildman–Crippen LogP) is 3.07. The third-order valence-electron chi connectivity index (χ3n) is 5.03. The second-order valence-electron chi connectivity index (χ2n) is 6.85. The molecule has 0 amide bonds. The van der Waals surface area contributed by atoms with Crippen molar-refractivity contribution in [1.82, 2.24) is 14.5 Å². The van der Waals surface area contributed by atoms with E-state index in [1.807, 2.05) is 12.1 Å². The van der Waals surface area contributed by atoms with Gasteiger partial charge >= 0.3 is 0 Å². The first-order valence-electron chi connectivity index (χ1n) is 8.50. The molecular formula is C20H23N3O. The number of benzene rings is 1. The molecule has 1 unspecified atom stereocenters. The van der Waals surface area contributed by atoms with Gasteiger partial charge in [0.25, 0.3) is 0 Å². The Hall–Kier alpha value is -2.17. The molecule has 3 aromatic rings. The number of rotatable bonds is 3. The fourth-order valence-electron chi connectivity index (χ4n) is 3.76. The molecule has 24 heavy (non-hydrogen) atoms. The van der Waals surface area contributed by atoms with Gasteiger partial charge in [0.15, 0.2) is 0 Å². The summed E-state index contributed by atoms with van der Waals surface area (Å²) in [7, 11) is 2.17. The lowest BCUT2D eigenvalue weighted by Gasteiger charge is -2.25.